The number of unbranched alkanes of at least 4 members (excludes halogenated alkanes) is 20. The topological polar surface area (TPSA) is 136 Å². The molecule has 10 heteroatoms. The maximum Gasteiger partial charge on any atom is 0.336 e. The van der Waals surface area contributed by atoms with E-state index in [4.69, 9.17) is 24.0 Å². The van der Waals surface area contributed by atoms with Crippen molar-refractivity contribution in [1.29, 1.82) is 0 Å². The molecule has 1 atom stereocenters. The van der Waals surface area contributed by atoms with Gasteiger partial charge in [-0.1, -0.05) is 142 Å². The first kappa shape index (κ1) is 41.6. The van der Waals surface area contributed by atoms with Crippen LogP contribution in [0.3, 0.4) is 0 Å². The molecule has 0 aromatic heterocycles. The molecule has 0 aliphatic carbocycles. The van der Waals surface area contributed by atoms with Gasteiger partial charge >= 0.3 is 25.5 Å². The minimum absolute atomic E-state index is 0.205. The van der Waals surface area contributed by atoms with E-state index in [1.165, 1.54) is 96.3 Å². The molecule has 0 aliphatic heterocycles. The molecule has 0 saturated heterocycles. The number of ether oxygens (including phenoxy) is 3. The van der Waals surface area contributed by atoms with Gasteiger partial charge in [-0.3, -0.25) is 18.9 Å². The van der Waals surface area contributed by atoms with E-state index in [9.17, 15) is 18.9 Å². The summed E-state index contributed by atoms with van der Waals surface area (Å²) < 4.78 is 26.6. The van der Waals surface area contributed by atoms with Crippen LogP contribution in [0.5, 0.6) is 0 Å². The molecular formula is C33H63O9P. The summed E-state index contributed by atoms with van der Waals surface area (Å²) >= 11 is 0. The Balaban J connectivity index is 4.24. The standard InChI is InChI=1S/C33H63O9P/c1-3-5-7-9-11-13-15-17-19-21-23-25-31(34)40-27-30(28-41-33(36)29-43(37,38)39)42-32(35)26-24-22-20-18-16-14-12-10-8-6-4-2/h30H,3-29H2,1-2H3,(H2,37,38,39)/t30-/m1/s1. The number of hydrogen-bond donors (Lipinski definition) is 2. The molecule has 0 bridgehead atoms. The number of rotatable bonds is 31. The Hall–Kier alpha value is -1.44. The van der Waals surface area contributed by atoms with Gasteiger partial charge in [0.15, 0.2) is 6.10 Å². The molecule has 0 aliphatic rings. The first-order chi connectivity index (χ1) is 20.7. The van der Waals surface area contributed by atoms with Crippen LogP contribution >= 0.6 is 7.60 Å². The van der Waals surface area contributed by atoms with Crippen LogP contribution in [-0.4, -0.2) is 53.2 Å². The monoisotopic (exact) mass is 634 g/mol. The highest BCUT2D eigenvalue weighted by Gasteiger charge is 2.23. The summed E-state index contributed by atoms with van der Waals surface area (Å²) in [5.74, 6) is -2.00. The zero-order chi connectivity index (χ0) is 32.0. The molecule has 43 heavy (non-hydrogen) atoms. The van der Waals surface area contributed by atoms with Gasteiger partial charge in [0.1, 0.15) is 19.4 Å². The van der Waals surface area contributed by atoms with Gasteiger partial charge in [0.25, 0.3) is 0 Å². The lowest BCUT2D eigenvalue weighted by Crippen LogP contribution is -2.31. The summed E-state index contributed by atoms with van der Waals surface area (Å²) in [6.07, 6.45) is 24.1. The average molecular weight is 635 g/mol. The summed E-state index contributed by atoms with van der Waals surface area (Å²) in [5, 5.41) is 0. The van der Waals surface area contributed by atoms with Crippen LogP contribution < -0.4 is 0 Å². The van der Waals surface area contributed by atoms with Crippen molar-refractivity contribution >= 4 is 25.5 Å². The molecular weight excluding hydrogens is 571 g/mol. The maximum atomic E-state index is 12.4. The van der Waals surface area contributed by atoms with Crippen molar-refractivity contribution in [2.45, 2.75) is 174 Å². The Morgan fingerprint density at radius 1 is 0.512 bits per heavy atom. The molecule has 0 rings (SSSR count). The largest absolute Gasteiger partial charge is 0.462 e. The van der Waals surface area contributed by atoms with E-state index in [-0.39, 0.29) is 19.4 Å². The predicted molar refractivity (Wildman–Crippen MR) is 171 cm³/mol. The molecule has 0 saturated carbocycles. The van der Waals surface area contributed by atoms with Gasteiger partial charge in [0.2, 0.25) is 0 Å². The summed E-state index contributed by atoms with van der Waals surface area (Å²) in [7, 11) is -4.57. The number of carbonyl (C=O) groups excluding carboxylic acids is 3. The second-order valence-electron chi connectivity index (χ2n) is 11.9. The van der Waals surface area contributed by atoms with E-state index in [2.05, 4.69) is 13.8 Å². The SMILES string of the molecule is CCCCCCCCCCCCCC(=O)OC[C@H](COC(=O)CP(=O)(O)O)OC(=O)CCCCCCCCCCCCC. The highest BCUT2D eigenvalue weighted by Crippen LogP contribution is 2.33. The zero-order valence-corrected chi connectivity index (χ0v) is 28.3. The quantitative estimate of drug-likeness (QED) is 0.0332. The van der Waals surface area contributed by atoms with E-state index in [1.807, 2.05) is 0 Å². The molecule has 0 fully saturated rings. The van der Waals surface area contributed by atoms with Gasteiger partial charge in [-0.25, -0.2) is 0 Å². The first-order valence-electron chi connectivity index (χ1n) is 17.2. The molecule has 9 nitrogen and oxygen atoms in total. The van der Waals surface area contributed by atoms with E-state index < -0.39 is 44.4 Å². The third-order valence-corrected chi connectivity index (χ3v) is 8.13. The third-order valence-electron chi connectivity index (χ3n) is 7.46. The molecule has 0 aromatic rings. The zero-order valence-electron chi connectivity index (χ0n) is 27.4. The second-order valence-corrected chi connectivity index (χ2v) is 13.5. The smallest absolute Gasteiger partial charge is 0.336 e. The molecule has 0 amide bonds. The van der Waals surface area contributed by atoms with E-state index in [0.717, 1.165) is 38.5 Å². The van der Waals surface area contributed by atoms with Gasteiger partial charge in [-0.05, 0) is 12.8 Å². The molecule has 0 spiro atoms. The van der Waals surface area contributed by atoms with Gasteiger partial charge in [-0.2, -0.15) is 0 Å². The van der Waals surface area contributed by atoms with E-state index >= 15 is 0 Å². The first-order valence-corrected chi connectivity index (χ1v) is 19.0. The normalized spacial score (nSPS) is 12.2. The van der Waals surface area contributed by atoms with Crippen LogP contribution in [0.2, 0.25) is 0 Å². The van der Waals surface area contributed by atoms with Gasteiger partial charge in [0, 0.05) is 12.8 Å². The van der Waals surface area contributed by atoms with Gasteiger partial charge in [0.05, 0.1) is 0 Å². The lowest BCUT2D eigenvalue weighted by atomic mass is 10.1. The van der Waals surface area contributed by atoms with Gasteiger partial charge < -0.3 is 24.0 Å². The summed E-state index contributed by atoms with van der Waals surface area (Å²) in [6.45, 7) is 3.73. The van der Waals surface area contributed by atoms with Crippen molar-refractivity contribution in [3.05, 3.63) is 0 Å². The Labute approximate surface area is 261 Å². The summed E-state index contributed by atoms with van der Waals surface area (Å²) in [4.78, 5) is 54.3. The molecule has 254 valence electrons. The number of carbonyl (C=O) groups is 3. The van der Waals surface area contributed by atoms with Crippen molar-refractivity contribution < 1.29 is 42.9 Å². The molecule has 0 radical (unpaired) electrons. The lowest BCUT2D eigenvalue weighted by Gasteiger charge is -2.18. The number of hydrogen-bond acceptors (Lipinski definition) is 7. The summed E-state index contributed by atoms with van der Waals surface area (Å²) in [5.41, 5.74) is 0. The van der Waals surface area contributed by atoms with Crippen LogP contribution in [0, 0.1) is 0 Å². The fraction of sp³-hybridized carbons (Fsp3) is 0.909. The van der Waals surface area contributed by atoms with Gasteiger partial charge in [-0.15, -0.1) is 0 Å². The third kappa shape index (κ3) is 31.8. The fourth-order valence-corrected chi connectivity index (χ4v) is 5.31. The Kier molecular flexibility index (Phi) is 28.3. The van der Waals surface area contributed by atoms with Crippen molar-refractivity contribution in [2.24, 2.45) is 0 Å². The Bertz CT molecular complexity index is 738. The van der Waals surface area contributed by atoms with E-state index in [0.29, 0.717) is 6.42 Å². The van der Waals surface area contributed by atoms with Crippen molar-refractivity contribution in [1.82, 2.24) is 0 Å². The van der Waals surface area contributed by atoms with Crippen molar-refractivity contribution in [3.63, 3.8) is 0 Å². The van der Waals surface area contributed by atoms with Crippen LogP contribution in [0.4, 0.5) is 0 Å². The highest BCUT2D eigenvalue weighted by atomic mass is 31.2. The van der Waals surface area contributed by atoms with Crippen LogP contribution in [0.1, 0.15) is 168 Å². The number of esters is 3. The minimum atomic E-state index is -4.57. The average Bonchev–Trinajstić information content (AvgIpc) is 2.95. The highest BCUT2D eigenvalue weighted by molar-refractivity contribution is 7.52. The molecule has 0 unspecified atom stereocenters. The van der Waals surface area contributed by atoms with Crippen molar-refractivity contribution in [3.8, 4) is 0 Å². The van der Waals surface area contributed by atoms with Crippen molar-refractivity contribution in [2.75, 3.05) is 19.4 Å². The van der Waals surface area contributed by atoms with Crippen LogP contribution in [-0.2, 0) is 33.2 Å². The molecule has 0 aromatic carbocycles. The second kappa shape index (κ2) is 29.3. The molecule has 2 N–H and O–H groups in total. The molecule has 0 heterocycles. The van der Waals surface area contributed by atoms with E-state index in [1.54, 1.807) is 0 Å². The minimum Gasteiger partial charge on any atom is -0.462 e. The Morgan fingerprint density at radius 2 is 0.837 bits per heavy atom. The lowest BCUT2D eigenvalue weighted by molar-refractivity contribution is -0.166. The summed E-state index contributed by atoms with van der Waals surface area (Å²) in [6, 6.07) is 0. The maximum absolute atomic E-state index is 12.4. The Morgan fingerprint density at radius 3 is 1.21 bits per heavy atom. The predicted octanol–water partition coefficient (Wildman–Crippen LogP) is 8.56. The van der Waals surface area contributed by atoms with Crippen LogP contribution in [0.25, 0.3) is 0 Å². The fourth-order valence-electron chi connectivity index (χ4n) is 4.89. The van der Waals surface area contributed by atoms with Crippen LogP contribution in [0.15, 0.2) is 0 Å².